The molecule has 36 heavy (non-hydrogen) atoms. The first-order valence-corrected chi connectivity index (χ1v) is 12.2. The highest BCUT2D eigenvalue weighted by Gasteiger charge is 2.50. The number of aromatic nitrogens is 2. The number of nitrogens with one attached hydrogen (secondary N) is 1. The summed E-state index contributed by atoms with van der Waals surface area (Å²) in [6.45, 7) is 2.89. The first-order valence-electron chi connectivity index (χ1n) is 11.4. The number of pyridine rings is 2. The van der Waals surface area contributed by atoms with Gasteiger partial charge in [-0.15, -0.1) is 12.4 Å². The summed E-state index contributed by atoms with van der Waals surface area (Å²) >= 11 is 3.57. The van der Waals surface area contributed by atoms with Crippen LogP contribution in [0.5, 0.6) is 0 Å². The van der Waals surface area contributed by atoms with E-state index in [1.807, 2.05) is 24.3 Å². The van der Waals surface area contributed by atoms with Crippen molar-refractivity contribution >= 4 is 51.3 Å². The zero-order valence-corrected chi connectivity index (χ0v) is 22.5. The molecular weight excluding hydrogens is 552 g/mol. The van der Waals surface area contributed by atoms with Crippen LogP contribution in [0.1, 0.15) is 30.0 Å². The van der Waals surface area contributed by atoms with Gasteiger partial charge in [-0.05, 0) is 37.7 Å². The summed E-state index contributed by atoms with van der Waals surface area (Å²) < 4.78 is 13.8. The molecule has 1 amide bonds. The van der Waals surface area contributed by atoms with Crippen LogP contribution in [-0.2, 0) is 33.0 Å². The van der Waals surface area contributed by atoms with E-state index < -0.39 is 17.7 Å². The number of carbonyl (C=O) groups is 2. The van der Waals surface area contributed by atoms with Gasteiger partial charge in [0.1, 0.15) is 6.61 Å². The highest BCUT2D eigenvalue weighted by molar-refractivity contribution is 9.10. The van der Waals surface area contributed by atoms with Crippen LogP contribution in [-0.4, -0.2) is 53.7 Å². The van der Waals surface area contributed by atoms with E-state index in [2.05, 4.69) is 21.2 Å². The Labute approximate surface area is 222 Å². The molecule has 190 valence electrons. The normalized spacial score (nSPS) is 17.5. The number of likely N-dealkylation sites (N-methyl/N-ethyl adjacent to an activating group) is 2. The SMILES string of the molecule is CC[C@@]1(OC(=O)N(C)CCNC)C(=O)OCc2c1cc1n(c2=O)Cc2cc3c(Br)cccc3nc2-1.Cl. The van der Waals surface area contributed by atoms with Gasteiger partial charge in [0.05, 0.1) is 29.0 Å². The summed E-state index contributed by atoms with van der Waals surface area (Å²) in [4.78, 5) is 45.8. The number of amides is 1. The highest BCUT2D eigenvalue weighted by Crippen LogP contribution is 2.41. The molecule has 5 rings (SSSR count). The number of esters is 1. The van der Waals surface area contributed by atoms with Gasteiger partial charge in [0.25, 0.3) is 5.56 Å². The summed E-state index contributed by atoms with van der Waals surface area (Å²) in [5.74, 6) is -0.680. The Bertz CT molecular complexity index is 1440. The second-order valence-corrected chi connectivity index (χ2v) is 9.62. The van der Waals surface area contributed by atoms with Gasteiger partial charge in [-0.1, -0.05) is 28.9 Å². The van der Waals surface area contributed by atoms with E-state index in [-0.39, 0.29) is 31.0 Å². The van der Waals surface area contributed by atoms with Crippen LogP contribution in [0, 0.1) is 0 Å². The van der Waals surface area contributed by atoms with Gasteiger partial charge in [-0.2, -0.15) is 0 Å². The molecule has 11 heteroatoms. The third-order valence-electron chi connectivity index (χ3n) is 6.74. The molecule has 0 spiro atoms. The highest BCUT2D eigenvalue weighted by atomic mass is 79.9. The quantitative estimate of drug-likeness (QED) is 0.362. The third-order valence-corrected chi connectivity index (χ3v) is 7.43. The maximum atomic E-state index is 13.6. The van der Waals surface area contributed by atoms with Crippen molar-refractivity contribution < 1.29 is 19.1 Å². The molecule has 9 nitrogen and oxygen atoms in total. The lowest BCUT2D eigenvalue weighted by atomic mass is 9.85. The van der Waals surface area contributed by atoms with Crippen molar-refractivity contribution in [3.63, 3.8) is 0 Å². The van der Waals surface area contributed by atoms with E-state index in [1.54, 1.807) is 31.7 Å². The van der Waals surface area contributed by atoms with Crippen LogP contribution in [0.2, 0.25) is 0 Å². The summed E-state index contributed by atoms with van der Waals surface area (Å²) in [7, 11) is 3.38. The fourth-order valence-electron chi connectivity index (χ4n) is 4.72. The van der Waals surface area contributed by atoms with Crippen molar-refractivity contribution in [2.45, 2.75) is 32.1 Å². The molecular formula is C25H26BrClN4O5. The van der Waals surface area contributed by atoms with Crippen molar-refractivity contribution in [3.05, 3.63) is 61.8 Å². The average Bonchev–Trinajstić information content (AvgIpc) is 3.21. The number of fused-ring (bicyclic) bond motifs is 5. The van der Waals surface area contributed by atoms with E-state index in [1.165, 1.54) is 4.90 Å². The van der Waals surface area contributed by atoms with Crippen molar-refractivity contribution in [2.75, 3.05) is 27.2 Å². The van der Waals surface area contributed by atoms with Crippen molar-refractivity contribution in [1.29, 1.82) is 0 Å². The Balaban J connectivity index is 0.00000304. The Morgan fingerprint density at radius 2 is 2.11 bits per heavy atom. The van der Waals surface area contributed by atoms with Crippen molar-refractivity contribution in [1.82, 2.24) is 19.8 Å². The summed E-state index contributed by atoms with van der Waals surface area (Å²) in [6, 6.07) is 9.56. The monoisotopic (exact) mass is 576 g/mol. The summed E-state index contributed by atoms with van der Waals surface area (Å²) in [5, 5.41) is 3.93. The van der Waals surface area contributed by atoms with Gasteiger partial charge in [-0.3, -0.25) is 4.79 Å². The first kappa shape index (κ1) is 26.1. The van der Waals surface area contributed by atoms with Gasteiger partial charge in [0.2, 0.25) is 5.60 Å². The van der Waals surface area contributed by atoms with Crippen LogP contribution in [0.25, 0.3) is 22.3 Å². The average molecular weight is 578 g/mol. The molecule has 1 atom stereocenters. The molecule has 2 aromatic heterocycles. The minimum Gasteiger partial charge on any atom is -0.457 e. The molecule has 1 N–H and O–H groups in total. The minimum absolute atomic E-state index is 0. The van der Waals surface area contributed by atoms with Crippen LogP contribution in [0.3, 0.4) is 0 Å². The standard InChI is InChI=1S/C25H25BrN4O5.ClH/c1-4-25(35-24(33)29(3)9-8-27-2)17-11-20-21-14(10-15-18(26)6-5-7-19(15)28-21)12-30(20)22(31)16(17)13-34-23(25)32;/h5-7,10-11,27H,4,8-9,12-13H2,1-3H3;1H/t25-;/m0./s1. The second-order valence-electron chi connectivity index (χ2n) is 8.77. The molecule has 3 aromatic rings. The maximum absolute atomic E-state index is 13.6. The number of ether oxygens (including phenoxy) is 2. The summed E-state index contributed by atoms with van der Waals surface area (Å²) in [5.41, 5.74) is 1.66. The van der Waals surface area contributed by atoms with Gasteiger partial charge in [0, 0.05) is 41.1 Å². The lowest BCUT2D eigenvalue weighted by Crippen LogP contribution is -2.49. The topological polar surface area (TPSA) is 103 Å². The van der Waals surface area contributed by atoms with Crippen LogP contribution in [0.15, 0.2) is 39.6 Å². The van der Waals surface area contributed by atoms with E-state index in [0.717, 1.165) is 20.9 Å². The molecule has 0 saturated carbocycles. The Morgan fingerprint density at radius 3 is 2.83 bits per heavy atom. The fraction of sp³-hybridized carbons (Fsp3) is 0.360. The first-order chi connectivity index (χ1) is 16.8. The second kappa shape index (κ2) is 9.84. The Morgan fingerprint density at radius 1 is 1.33 bits per heavy atom. The fourth-order valence-corrected chi connectivity index (χ4v) is 5.19. The molecule has 0 fully saturated rings. The van der Waals surface area contributed by atoms with Gasteiger partial charge >= 0.3 is 12.1 Å². The zero-order chi connectivity index (χ0) is 24.9. The molecule has 4 heterocycles. The Kier molecular flexibility index (Phi) is 7.14. The minimum atomic E-state index is -1.71. The number of hydrogen-bond acceptors (Lipinski definition) is 7. The molecule has 0 saturated heterocycles. The van der Waals surface area contributed by atoms with Crippen LogP contribution >= 0.6 is 28.3 Å². The zero-order valence-electron chi connectivity index (χ0n) is 20.1. The number of benzene rings is 1. The lowest BCUT2D eigenvalue weighted by Gasteiger charge is -2.36. The predicted octanol–water partition coefficient (Wildman–Crippen LogP) is 3.56. The molecule has 1 aromatic carbocycles. The maximum Gasteiger partial charge on any atom is 0.411 e. The van der Waals surface area contributed by atoms with E-state index >= 15 is 0 Å². The Hall–Kier alpha value is -2.95. The molecule has 2 aliphatic heterocycles. The molecule has 0 radical (unpaired) electrons. The number of halogens is 2. The van der Waals surface area contributed by atoms with E-state index in [0.29, 0.717) is 42.1 Å². The molecule has 0 bridgehead atoms. The smallest absolute Gasteiger partial charge is 0.411 e. The van der Waals surface area contributed by atoms with Crippen molar-refractivity contribution in [2.24, 2.45) is 0 Å². The summed E-state index contributed by atoms with van der Waals surface area (Å²) in [6.07, 6.45) is -0.542. The molecule has 2 aliphatic rings. The van der Waals surface area contributed by atoms with Crippen LogP contribution in [0.4, 0.5) is 4.79 Å². The number of carbonyl (C=O) groups excluding carboxylic acids is 2. The number of rotatable bonds is 5. The van der Waals surface area contributed by atoms with Crippen LogP contribution < -0.4 is 10.9 Å². The predicted molar refractivity (Wildman–Crippen MR) is 140 cm³/mol. The van der Waals surface area contributed by atoms with E-state index in [9.17, 15) is 14.4 Å². The number of hydrogen-bond donors (Lipinski definition) is 1. The molecule has 0 unspecified atom stereocenters. The van der Waals surface area contributed by atoms with Gasteiger partial charge in [-0.25, -0.2) is 14.6 Å². The van der Waals surface area contributed by atoms with Gasteiger partial charge in [0.15, 0.2) is 0 Å². The van der Waals surface area contributed by atoms with Gasteiger partial charge < -0.3 is 24.3 Å². The third kappa shape index (κ3) is 3.97. The molecule has 0 aliphatic carbocycles. The number of nitrogens with zero attached hydrogens (tertiary/aromatic N) is 3. The van der Waals surface area contributed by atoms with Crippen molar-refractivity contribution in [3.8, 4) is 11.4 Å². The largest absolute Gasteiger partial charge is 0.457 e. The number of cyclic esters (lactones) is 1. The lowest BCUT2D eigenvalue weighted by molar-refractivity contribution is -0.173. The van der Waals surface area contributed by atoms with E-state index in [4.69, 9.17) is 14.5 Å².